The van der Waals surface area contributed by atoms with Crippen LogP contribution in [0.5, 0.6) is 5.75 Å². The standard InChI is InChI=1S/C21H15N5OS/c1-27-15-5-7-17-16(10-15)21(26-20(25-17)13-3-2-8-22-11-13)24-14-4-6-18-19(9-14)28-12-23-18/h2-12H,1H3,(H,24,25,26). The summed E-state index contributed by atoms with van der Waals surface area (Å²) in [4.78, 5) is 18.0. The molecule has 0 aliphatic carbocycles. The van der Waals surface area contributed by atoms with Gasteiger partial charge in [-0.15, -0.1) is 11.3 Å². The molecule has 0 saturated carbocycles. The van der Waals surface area contributed by atoms with Gasteiger partial charge in [-0.1, -0.05) is 0 Å². The van der Waals surface area contributed by atoms with Gasteiger partial charge in [0.2, 0.25) is 0 Å². The number of benzene rings is 2. The highest BCUT2D eigenvalue weighted by molar-refractivity contribution is 7.16. The average molecular weight is 385 g/mol. The Hall–Kier alpha value is -3.58. The SMILES string of the molecule is COc1ccc2nc(-c3cccnc3)nc(Nc3ccc4ncsc4c3)c2c1. The molecule has 7 heteroatoms. The molecule has 0 saturated heterocycles. The van der Waals surface area contributed by atoms with Crippen molar-refractivity contribution in [3.05, 3.63) is 66.4 Å². The maximum absolute atomic E-state index is 5.39. The predicted molar refractivity (Wildman–Crippen MR) is 112 cm³/mol. The van der Waals surface area contributed by atoms with Crippen LogP contribution in [0.2, 0.25) is 0 Å². The number of rotatable bonds is 4. The van der Waals surface area contributed by atoms with E-state index in [1.165, 1.54) is 0 Å². The molecule has 2 aromatic carbocycles. The molecular formula is C21H15N5OS. The Balaban J connectivity index is 1.67. The Morgan fingerprint density at radius 2 is 1.93 bits per heavy atom. The Kier molecular flexibility index (Phi) is 4.06. The number of ether oxygens (including phenoxy) is 1. The number of fused-ring (bicyclic) bond motifs is 2. The zero-order chi connectivity index (χ0) is 18.9. The van der Waals surface area contributed by atoms with Crippen LogP contribution in [0.15, 0.2) is 66.4 Å². The second-order valence-electron chi connectivity index (χ2n) is 6.18. The minimum Gasteiger partial charge on any atom is -0.497 e. The lowest BCUT2D eigenvalue weighted by Gasteiger charge is -2.12. The van der Waals surface area contributed by atoms with Crippen LogP contribution in [0.4, 0.5) is 11.5 Å². The molecule has 136 valence electrons. The third-order valence-electron chi connectivity index (χ3n) is 4.42. The van der Waals surface area contributed by atoms with E-state index in [1.807, 2.05) is 48.0 Å². The molecule has 0 aliphatic heterocycles. The summed E-state index contributed by atoms with van der Waals surface area (Å²) in [7, 11) is 1.65. The molecule has 0 radical (unpaired) electrons. The first-order valence-electron chi connectivity index (χ1n) is 8.66. The van der Waals surface area contributed by atoms with E-state index in [9.17, 15) is 0 Å². The van der Waals surface area contributed by atoms with Crippen molar-refractivity contribution in [2.75, 3.05) is 12.4 Å². The second kappa shape index (κ2) is 6.86. The summed E-state index contributed by atoms with van der Waals surface area (Å²) in [5.74, 6) is 2.09. The largest absolute Gasteiger partial charge is 0.497 e. The van der Waals surface area contributed by atoms with Crippen LogP contribution in [0, 0.1) is 0 Å². The summed E-state index contributed by atoms with van der Waals surface area (Å²) in [5.41, 5.74) is 5.47. The number of anilines is 2. The van der Waals surface area contributed by atoms with Crippen LogP contribution in [-0.4, -0.2) is 27.0 Å². The van der Waals surface area contributed by atoms with Crippen molar-refractivity contribution in [1.82, 2.24) is 19.9 Å². The molecule has 6 nitrogen and oxygen atoms in total. The van der Waals surface area contributed by atoms with Gasteiger partial charge < -0.3 is 10.1 Å². The van der Waals surface area contributed by atoms with E-state index in [0.29, 0.717) is 11.6 Å². The third-order valence-corrected chi connectivity index (χ3v) is 5.21. The molecular weight excluding hydrogens is 370 g/mol. The molecule has 5 aromatic rings. The van der Waals surface area contributed by atoms with Crippen molar-refractivity contribution in [3.63, 3.8) is 0 Å². The van der Waals surface area contributed by atoms with Crippen LogP contribution >= 0.6 is 11.3 Å². The van der Waals surface area contributed by atoms with Gasteiger partial charge >= 0.3 is 0 Å². The minimum absolute atomic E-state index is 0.618. The van der Waals surface area contributed by atoms with Gasteiger partial charge in [-0.3, -0.25) is 4.98 Å². The first kappa shape index (κ1) is 16.6. The molecule has 5 rings (SSSR count). The fourth-order valence-corrected chi connectivity index (χ4v) is 3.74. The van der Waals surface area contributed by atoms with E-state index >= 15 is 0 Å². The van der Waals surface area contributed by atoms with Crippen molar-refractivity contribution in [2.45, 2.75) is 0 Å². The number of hydrogen-bond acceptors (Lipinski definition) is 7. The van der Waals surface area contributed by atoms with Gasteiger partial charge in [0.1, 0.15) is 11.6 Å². The van der Waals surface area contributed by atoms with E-state index in [2.05, 4.69) is 21.4 Å². The molecule has 0 spiro atoms. The van der Waals surface area contributed by atoms with E-state index in [-0.39, 0.29) is 0 Å². The number of nitrogens with zero attached hydrogens (tertiary/aromatic N) is 4. The summed E-state index contributed by atoms with van der Waals surface area (Å²) in [6.45, 7) is 0. The van der Waals surface area contributed by atoms with Gasteiger partial charge in [-0.05, 0) is 48.5 Å². The number of methoxy groups -OCH3 is 1. The highest BCUT2D eigenvalue weighted by Crippen LogP contribution is 2.31. The van der Waals surface area contributed by atoms with Gasteiger partial charge in [0.15, 0.2) is 5.82 Å². The maximum atomic E-state index is 5.39. The van der Waals surface area contributed by atoms with Crippen LogP contribution in [0.25, 0.3) is 32.5 Å². The predicted octanol–water partition coefficient (Wildman–Crippen LogP) is 5.05. The third kappa shape index (κ3) is 3.01. The van der Waals surface area contributed by atoms with E-state index < -0.39 is 0 Å². The molecule has 3 heterocycles. The van der Waals surface area contributed by atoms with E-state index in [4.69, 9.17) is 14.7 Å². The van der Waals surface area contributed by atoms with Gasteiger partial charge in [-0.2, -0.15) is 0 Å². The van der Waals surface area contributed by atoms with Crippen molar-refractivity contribution in [3.8, 4) is 17.1 Å². The molecule has 1 N–H and O–H groups in total. The smallest absolute Gasteiger partial charge is 0.163 e. The summed E-state index contributed by atoms with van der Waals surface area (Å²) < 4.78 is 6.51. The maximum Gasteiger partial charge on any atom is 0.163 e. The van der Waals surface area contributed by atoms with E-state index in [0.717, 1.165) is 38.1 Å². The normalized spacial score (nSPS) is 11.0. The molecule has 3 aromatic heterocycles. The number of nitrogens with one attached hydrogen (secondary N) is 1. The average Bonchev–Trinajstić information content (AvgIpc) is 3.22. The summed E-state index contributed by atoms with van der Waals surface area (Å²) >= 11 is 1.61. The lowest BCUT2D eigenvalue weighted by Crippen LogP contribution is -2.00. The van der Waals surface area contributed by atoms with Crippen LogP contribution in [0.3, 0.4) is 0 Å². The highest BCUT2D eigenvalue weighted by atomic mass is 32.1. The Morgan fingerprint density at radius 3 is 2.79 bits per heavy atom. The summed E-state index contributed by atoms with van der Waals surface area (Å²) in [6, 6.07) is 15.7. The molecule has 0 unspecified atom stereocenters. The molecule has 28 heavy (non-hydrogen) atoms. The Bertz CT molecular complexity index is 1290. The van der Waals surface area contributed by atoms with Gasteiger partial charge in [0.25, 0.3) is 0 Å². The highest BCUT2D eigenvalue weighted by Gasteiger charge is 2.12. The molecule has 0 bridgehead atoms. The molecule has 0 aliphatic rings. The quantitative estimate of drug-likeness (QED) is 0.466. The second-order valence-corrected chi connectivity index (χ2v) is 7.07. The minimum atomic E-state index is 0.618. The van der Waals surface area contributed by atoms with Crippen LogP contribution < -0.4 is 10.1 Å². The number of hydrogen-bond donors (Lipinski definition) is 1. The zero-order valence-electron chi connectivity index (χ0n) is 15.0. The molecule has 0 fully saturated rings. The number of aromatic nitrogens is 4. The van der Waals surface area contributed by atoms with Crippen LogP contribution in [-0.2, 0) is 0 Å². The first-order chi connectivity index (χ1) is 13.8. The van der Waals surface area contributed by atoms with Crippen molar-refractivity contribution in [2.24, 2.45) is 0 Å². The van der Waals surface area contributed by atoms with Crippen molar-refractivity contribution >= 4 is 44.0 Å². The van der Waals surface area contributed by atoms with Gasteiger partial charge in [-0.25, -0.2) is 15.0 Å². The zero-order valence-corrected chi connectivity index (χ0v) is 15.8. The van der Waals surface area contributed by atoms with Gasteiger partial charge in [0, 0.05) is 29.0 Å². The summed E-state index contributed by atoms with van der Waals surface area (Å²) in [6.07, 6.45) is 3.50. The molecule has 0 atom stereocenters. The fourth-order valence-electron chi connectivity index (χ4n) is 3.02. The van der Waals surface area contributed by atoms with Crippen LogP contribution in [0.1, 0.15) is 0 Å². The summed E-state index contributed by atoms with van der Waals surface area (Å²) in [5, 5.41) is 4.33. The monoisotopic (exact) mass is 385 g/mol. The fraction of sp³-hybridized carbons (Fsp3) is 0.0476. The Labute approximate surface area is 164 Å². The first-order valence-corrected chi connectivity index (χ1v) is 9.54. The van der Waals surface area contributed by atoms with Gasteiger partial charge in [0.05, 0.1) is 28.4 Å². The topological polar surface area (TPSA) is 72.8 Å². The lowest BCUT2D eigenvalue weighted by atomic mass is 10.2. The van der Waals surface area contributed by atoms with Crippen molar-refractivity contribution < 1.29 is 4.74 Å². The number of pyridine rings is 1. The number of thiazole rings is 1. The lowest BCUT2D eigenvalue weighted by molar-refractivity contribution is 0.415. The Morgan fingerprint density at radius 1 is 1.00 bits per heavy atom. The van der Waals surface area contributed by atoms with Crippen molar-refractivity contribution in [1.29, 1.82) is 0 Å². The molecule has 0 amide bonds. The van der Waals surface area contributed by atoms with E-state index in [1.54, 1.807) is 30.8 Å².